The number of benzene rings is 1. The average molecular weight is 441 g/mol. The molecule has 0 unspecified atom stereocenters. The van der Waals surface area contributed by atoms with Gasteiger partial charge in [-0.1, -0.05) is 59.6 Å². The van der Waals surface area contributed by atoms with E-state index in [0.717, 1.165) is 12.2 Å². The summed E-state index contributed by atoms with van der Waals surface area (Å²) in [6.45, 7) is 1.22. The van der Waals surface area contributed by atoms with Gasteiger partial charge >= 0.3 is 0 Å². The van der Waals surface area contributed by atoms with Crippen molar-refractivity contribution < 1.29 is 21.5 Å². The first-order valence-corrected chi connectivity index (χ1v) is 8.33. The van der Waals surface area contributed by atoms with Crippen molar-refractivity contribution in [3.63, 3.8) is 0 Å². The maximum Gasteiger partial charge on any atom is 0.287 e. The number of halogens is 3. The molecule has 0 atom stereocenters. The van der Waals surface area contributed by atoms with E-state index in [4.69, 9.17) is 23.2 Å². The highest BCUT2D eigenvalue weighted by Gasteiger charge is 2.13. The molecule has 0 fully saturated rings. The van der Waals surface area contributed by atoms with Crippen LogP contribution < -0.4 is 27.1 Å². The number of aromatic nitrogens is 3. The third-order valence-corrected chi connectivity index (χ3v) is 4.50. The van der Waals surface area contributed by atoms with E-state index in [2.05, 4.69) is 21.8 Å². The molecule has 2 aromatic heterocycles. The van der Waals surface area contributed by atoms with E-state index in [1.165, 1.54) is 16.4 Å². The Balaban J connectivity index is 0.00000225. The summed E-state index contributed by atoms with van der Waals surface area (Å²) >= 11 is 11.7. The minimum Gasteiger partial charge on any atom is -1.00 e. The van der Waals surface area contributed by atoms with Gasteiger partial charge in [0, 0.05) is 17.7 Å². The van der Waals surface area contributed by atoms with Gasteiger partial charge < -0.3 is 17.0 Å². The second kappa shape index (κ2) is 9.13. The molecule has 0 saturated carbocycles. The summed E-state index contributed by atoms with van der Waals surface area (Å²) in [5, 5.41) is 4.23. The van der Waals surface area contributed by atoms with Gasteiger partial charge in [-0.25, -0.2) is 4.68 Å². The van der Waals surface area contributed by atoms with E-state index in [-0.39, 0.29) is 32.6 Å². The minimum absolute atomic E-state index is 0. The predicted molar refractivity (Wildman–Crippen MR) is 94.4 cm³/mol. The molecule has 0 aliphatic heterocycles. The Kier molecular flexibility index (Phi) is 7.17. The van der Waals surface area contributed by atoms with Gasteiger partial charge in [0.05, 0.1) is 24.2 Å². The maximum atomic E-state index is 12.1. The number of pyridine rings is 1. The quantitative estimate of drug-likeness (QED) is 0.529. The fourth-order valence-corrected chi connectivity index (χ4v) is 2.77. The van der Waals surface area contributed by atoms with Crippen LogP contribution in [-0.2, 0) is 19.5 Å². The molecule has 0 N–H and O–H groups in total. The normalized spacial score (nSPS) is 10.3. The van der Waals surface area contributed by atoms with Crippen LogP contribution in [0.2, 0.25) is 10.0 Å². The molecule has 1 aromatic carbocycles. The molecule has 0 bridgehead atoms. The summed E-state index contributed by atoms with van der Waals surface area (Å²) in [5.74, 6) is 0. The fraction of sp³-hybridized carbons (Fsp3) is 0.167. The number of hydrogen-bond acceptors (Lipinski definition) is 2. The first-order chi connectivity index (χ1) is 11.6. The highest BCUT2D eigenvalue weighted by Crippen LogP contribution is 2.14. The second-order valence-corrected chi connectivity index (χ2v) is 6.18. The van der Waals surface area contributed by atoms with Crippen LogP contribution >= 0.6 is 23.2 Å². The molecular weight excluding hydrogens is 425 g/mol. The summed E-state index contributed by atoms with van der Waals surface area (Å²) in [6.07, 6.45) is 4.10. The topological polar surface area (TPSA) is 38.8 Å². The Morgan fingerprint density at radius 1 is 1.04 bits per heavy atom. The van der Waals surface area contributed by atoms with Crippen molar-refractivity contribution in [1.29, 1.82) is 0 Å². The van der Waals surface area contributed by atoms with E-state index in [1.54, 1.807) is 0 Å². The van der Waals surface area contributed by atoms with Crippen molar-refractivity contribution in [2.75, 3.05) is 0 Å². The highest BCUT2D eigenvalue weighted by atomic mass is 79.9. The summed E-state index contributed by atoms with van der Waals surface area (Å²) in [7, 11) is 0. The molecule has 130 valence electrons. The van der Waals surface area contributed by atoms with Crippen LogP contribution in [0.25, 0.3) is 0 Å². The van der Waals surface area contributed by atoms with E-state index in [9.17, 15) is 4.79 Å². The van der Waals surface area contributed by atoms with Gasteiger partial charge in [0.2, 0.25) is 0 Å². The first kappa shape index (κ1) is 19.6. The minimum atomic E-state index is -0.366. The van der Waals surface area contributed by atoms with Crippen LogP contribution in [-0.4, -0.2) is 9.78 Å². The number of aryl methyl sites for hydroxylation is 2. The lowest BCUT2D eigenvalue weighted by molar-refractivity contribution is -0.695. The highest BCUT2D eigenvalue weighted by molar-refractivity contribution is 6.41. The Morgan fingerprint density at radius 3 is 2.52 bits per heavy atom. The van der Waals surface area contributed by atoms with E-state index < -0.39 is 0 Å². The van der Waals surface area contributed by atoms with Gasteiger partial charge in [-0.3, -0.25) is 4.79 Å². The van der Waals surface area contributed by atoms with Gasteiger partial charge in [0.1, 0.15) is 5.02 Å². The third-order valence-electron chi connectivity index (χ3n) is 3.75. The van der Waals surface area contributed by atoms with Crippen molar-refractivity contribution in [1.82, 2.24) is 9.78 Å². The average Bonchev–Trinajstić information content (AvgIpc) is 2.61. The molecule has 0 aliphatic rings. The summed E-state index contributed by atoms with van der Waals surface area (Å²) in [4.78, 5) is 12.1. The van der Waals surface area contributed by atoms with Crippen LogP contribution in [0.3, 0.4) is 0 Å². The number of rotatable bonds is 5. The van der Waals surface area contributed by atoms with E-state index in [0.29, 0.717) is 13.0 Å². The fourth-order valence-electron chi connectivity index (χ4n) is 2.50. The van der Waals surface area contributed by atoms with Crippen LogP contribution in [0.15, 0.2) is 65.7 Å². The molecule has 0 spiro atoms. The molecule has 25 heavy (non-hydrogen) atoms. The summed E-state index contributed by atoms with van der Waals surface area (Å²) in [5.41, 5.74) is 1.97. The van der Waals surface area contributed by atoms with E-state index >= 15 is 0 Å². The van der Waals surface area contributed by atoms with Crippen LogP contribution in [0.1, 0.15) is 11.3 Å². The lowest BCUT2D eigenvalue weighted by Crippen LogP contribution is -3.00. The van der Waals surface area contributed by atoms with Crippen LogP contribution in [0.4, 0.5) is 0 Å². The zero-order valence-corrected chi connectivity index (χ0v) is 16.4. The number of hydrogen-bond donors (Lipinski definition) is 0. The molecule has 0 saturated heterocycles. The summed E-state index contributed by atoms with van der Waals surface area (Å²) < 4.78 is 3.51. The molecule has 0 amide bonds. The lowest BCUT2D eigenvalue weighted by atomic mass is 10.2. The molecule has 2 heterocycles. The third kappa shape index (κ3) is 4.91. The molecule has 3 rings (SSSR count). The molecular formula is C18H16BrCl2N3O. The molecule has 7 heteroatoms. The standard InChI is InChI=1S/C18H16Cl2N3O.BrH/c19-16-12-21-23(18(24)17(16)20)11-9-15-8-4-5-10-22(15)13-14-6-2-1-3-7-14;/h1-8,10,12H,9,11,13H2;1H/q+1;/p-1. The molecule has 4 nitrogen and oxygen atoms in total. The zero-order valence-electron chi connectivity index (χ0n) is 13.3. The van der Waals surface area contributed by atoms with Crippen molar-refractivity contribution in [3.8, 4) is 0 Å². The number of nitrogens with zero attached hydrogens (tertiary/aromatic N) is 3. The van der Waals surface area contributed by atoms with Gasteiger partial charge in [-0.15, -0.1) is 0 Å². The van der Waals surface area contributed by atoms with Crippen molar-refractivity contribution >= 4 is 23.2 Å². The van der Waals surface area contributed by atoms with Gasteiger partial charge in [0.15, 0.2) is 18.4 Å². The Bertz CT molecular complexity index is 900. The van der Waals surface area contributed by atoms with Gasteiger partial charge in [0.25, 0.3) is 5.56 Å². The second-order valence-electron chi connectivity index (χ2n) is 5.39. The van der Waals surface area contributed by atoms with Crippen molar-refractivity contribution in [2.45, 2.75) is 19.5 Å². The van der Waals surface area contributed by atoms with Crippen LogP contribution in [0.5, 0.6) is 0 Å². The lowest BCUT2D eigenvalue weighted by Gasteiger charge is -2.06. The SMILES string of the molecule is O=c1c(Cl)c(Cl)cnn1CCc1cccc[n+]1Cc1ccccc1.[Br-]. The summed E-state index contributed by atoms with van der Waals surface area (Å²) in [6, 6.07) is 16.3. The van der Waals surface area contributed by atoms with Crippen LogP contribution in [0, 0.1) is 0 Å². The Labute approximate surface area is 166 Å². The first-order valence-electron chi connectivity index (χ1n) is 7.57. The molecule has 0 radical (unpaired) electrons. The molecule has 3 aromatic rings. The Hall–Kier alpha value is -1.69. The van der Waals surface area contributed by atoms with Crippen molar-refractivity contribution in [2.24, 2.45) is 0 Å². The monoisotopic (exact) mass is 439 g/mol. The smallest absolute Gasteiger partial charge is 0.287 e. The molecule has 0 aliphatic carbocycles. The maximum absolute atomic E-state index is 12.1. The van der Waals surface area contributed by atoms with Gasteiger partial charge in [-0.2, -0.15) is 9.67 Å². The van der Waals surface area contributed by atoms with Crippen molar-refractivity contribution in [3.05, 3.63) is 92.6 Å². The predicted octanol–water partition coefficient (Wildman–Crippen LogP) is 0.133. The Morgan fingerprint density at radius 2 is 1.76 bits per heavy atom. The van der Waals surface area contributed by atoms with Gasteiger partial charge in [-0.05, 0) is 0 Å². The largest absolute Gasteiger partial charge is 1.00 e. The zero-order chi connectivity index (χ0) is 16.9. The van der Waals surface area contributed by atoms with E-state index in [1.807, 2.05) is 42.6 Å².